The van der Waals surface area contributed by atoms with E-state index in [4.69, 9.17) is 0 Å². The highest BCUT2D eigenvalue weighted by Gasteiger charge is 2.28. The van der Waals surface area contributed by atoms with Gasteiger partial charge in [0.25, 0.3) is 0 Å². The van der Waals surface area contributed by atoms with Crippen molar-refractivity contribution in [2.45, 2.75) is 39.3 Å². The van der Waals surface area contributed by atoms with E-state index in [2.05, 4.69) is 5.10 Å². The summed E-state index contributed by atoms with van der Waals surface area (Å²) in [6.45, 7) is 5.44. The molecule has 0 saturated carbocycles. The number of aromatic nitrogens is 2. The molecule has 112 valence electrons. The van der Waals surface area contributed by atoms with Crippen LogP contribution in [0.5, 0.6) is 0 Å². The van der Waals surface area contributed by atoms with Crippen molar-refractivity contribution in [2.75, 3.05) is 0 Å². The molecular formula is C15H19N3O3. The summed E-state index contributed by atoms with van der Waals surface area (Å²) < 4.78 is 1.62. The molecule has 1 heterocycles. The van der Waals surface area contributed by atoms with Gasteiger partial charge in [-0.3, -0.25) is 14.8 Å². The van der Waals surface area contributed by atoms with E-state index in [0.29, 0.717) is 11.4 Å². The Kier molecular flexibility index (Phi) is 4.37. The Labute approximate surface area is 123 Å². The highest BCUT2D eigenvalue weighted by atomic mass is 16.6. The fourth-order valence-electron chi connectivity index (χ4n) is 2.42. The third-order valence-corrected chi connectivity index (χ3v) is 3.39. The van der Waals surface area contributed by atoms with Crippen LogP contribution in [0.3, 0.4) is 0 Å². The Morgan fingerprint density at radius 1 is 1.33 bits per heavy atom. The van der Waals surface area contributed by atoms with Crippen molar-refractivity contribution < 1.29 is 10.0 Å². The molecule has 0 radical (unpaired) electrons. The largest absolute Gasteiger partial charge is 0.388 e. The minimum absolute atomic E-state index is 0.00122. The predicted octanol–water partition coefficient (Wildman–Crippen LogP) is 2.96. The van der Waals surface area contributed by atoms with Gasteiger partial charge in [0.1, 0.15) is 11.4 Å². The summed E-state index contributed by atoms with van der Waals surface area (Å²) >= 11 is 0. The maximum absolute atomic E-state index is 11.3. The average Bonchev–Trinajstić information content (AvgIpc) is 2.76. The van der Waals surface area contributed by atoms with Crippen LogP contribution in [0.4, 0.5) is 5.69 Å². The Bertz CT molecular complexity index is 635. The quantitative estimate of drug-likeness (QED) is 0.677. The predicted molar refractivity (Wildman–Crippen MR) is 79.1 cm³/mol. The molecule has 0 spiro atoms. The molecule has 1 aromatic heterocycles. The molecular weight excluding hydrogens is 270 g/mol. The van der Waals surface area contributed by atoms with Crippen LogP contribution in [0.15, 0.2) is 30.3 Å². The van der Waals surface area contributed by atoms with Crippen LogP contribution in [0, 0.1) is 17.0 Å². The van der Waals surface area contributed by atoms with Gasteiger partial charge in [-0.25, -0.2) is 0 Å². The topological polar surface area (TPSA) is 81.2 Å². The van der Waals surface area contributed by atoms with E-state index in [1.165, 1.54) is 0 Å². The SMILES string of the molecule is Cc1nn(C(C)C)c(CC(O)c2ccccc2)c1[N+](=O)[O-]. The van der Waals surface area contributed by atoms with Crippen molar-refractivity contribution in [1.82, 2.24) is 9.78 Å². The number of rotatable bonds is 5. The first-order valence-corrected chi connectivity index (χ1v) is 6.87. The standard InChI is InChI=1S/C15H19N3O3/c1-10(2)17-13(15(18(20)21)11(3)16-17)9-14(19)12-7-5-4-6-8-12/h4-8,10,14,19H,9H2,1-3H3. The zero-order valence-corrected chi connectivity index (χ0v) is 12.4. The highest BCUT2D eigenvalue weighted by Crippen LogP contribution is 2.29. The lowest BCUT2D eigenvalue weighted by Crippen LogP contribution is -2.12. The van der Waals surface area contributed by atoms with Crippen LogP contribution in [0.1, 0.15) is 42.9 Å². The van der Waals surface area contributed by atoms with Gasteiger partial charge in [0.05, 0.1) is 11.0 Å². The number of benzene rings is 1. The van der Waals surface area contributed by atoms with Crippen molar-refractivity contribution in [3.05, 3.63) is 57.4 Å². The molecule has 21 heavy (non-hydrogen) atoms. The summed E-state index contributed by atoms with van der Waals surface area (Å²) in [6.07, 6.45) is -0.627. The van der Waals surface area contributed by atoms with Crippen LogP contribution in [0.2, 0.25) is 0 Å². The van der Waals surface area contributed by atoms with E-state index >= 15 is 0 Å². The molecule has 1 N–H and O–H groups in total. The Morgan fingerprint density at radius 3 is 2.48 bits per heavy atom. The van der Waals surface area contributed by atoms with Crippen molar-refractivity contribution >= 4 is 5.69 Å². The molecule has 1 unspecified atom stereocenters. The number of hydrogen-bond donors (Lipinski definition) is 1. The van der Waals surface area contributed by atoms with Crippen LogP contribution in [-0.2, 0) is 6.42 Å². The molecule has 2 aromatic rings. The molecule has 0 aliphatic carbocycles. The third-order valence-electron chi connectivity index (χ3n) is 3.39. The molecule has 0 aliphatic rings. The fraction of sp³-hybridized carbons (Fsp3) is 0.400. The van der Waals surface area contributed by atoms with Gasteiger partial charge in [-0.05, 0) is 26.3 Å². The Hall–Kier alpha value is -2.21. The zero-order chi connectivity index (χ0) is 15.6. The molecule has 0 amide bonds. The van der Waals surface area contributed by atoms with Crippen molar-refractivity contribution in [1.29, 1.82) is 0 Å². The number of nitro groups is 1. The lowest BCUT2D eigenvalue weighted by atomic mass is 10.0. The van der Waals surface area contributed by atoms with Crippen molar-refractivity contribution in [3.8, 4) is 0 Å². The molecule has 1 aromatic carbocycles. The summed E-state index contributed by atoms with van der Waals surface area (Å²) in [6, 6.07) is 9.13. The van der Waals surface area contributed by atoms with E-state index in [9.17, 15) is 15.2 Å². The van der Waals surface area contributed by atoms with Gasteiger partial charge < -0.3 is 5.11 Å². The first-order chi connectivity index (χ1) is 9.91. The Morgan fingerprint density at radius 2 is 1.95 bits per heavy atom. The smallest absolute Gasteiger partial charge is 0.313 e. The van der Waals surface area contributed by atoms with Gasteiger partial charge >= 0.3 is 5.69 Å². The van der Waals surface area contributed by atoms with Crippen LogP contribution < -0.4 is 0 Å². The summed E-state index contributed by atoms with van der Waals surface area (Å²) in [5.74, 6) is 0. The fourth-order valence-corrected chi connectivity index (χ4v) is 2.42. The molecule has 6 heteroatoms. The maximum Gasteiger partial charge on any atom is 0.313 e. The molecule has 2 rings (SSSR count). The summed E-state index contributed by atoms with van der Waals surface area (Å²) in [4.78, 5) is 10.8. The first kappa shape index (κ1) is 15.2. The second-order valence-electron chi connectivity index (χ2n) is 5.31. The second-order valence-corrected chi connectivity index (χ2v) is 5.31. The number of aliphatic hydroxyl groups excluding tert-OH is 1. The summed E-state index contributed by atoms with van der Waals surface area (Å²) in [5, 5.41) is 25.8. The number of hydrogen-bond acceptors (Lipinski definition) is 4. The van der Waals surface area contributed by atoms with E-state index in [1.807, 2.05) is 32.0 Å². The van der Waals surface area contributed by atoms with E-state index in [0.717, 1.165) is 5.56 Å². The second kappa shape index (κ2) is 6.05. The van der Waals surface area contributed by atoms with Crippen molar-refractivity contribution in [2.24, 2.45) is 0 Å². The lowest BCUT2D eigenvalue weighted by Gasteiger charge is -2.14. The monoisotopic (exact) mass is 289 g/mol. The van der Waals surface area contributed by atoms with Gasteiger partial charge in [0.15, 0.2) is 0 Å². The molecule has 0 fully saturated rings. The molecule has 0 bridgehead atoms. The number of aliphatic hydroxyl groups is 1. The van der Waals surface area contributed by atoms with Crippen molar-refractivity contribution in [3.63, 3.8) is 0 Å². The van der Waals surface area contributed by atoms with Gasteiger partial charge in [-0.15, -0.1) is 0 Å². The zero-order valence-electron chi connectivity index (χ0n) is 12.4. The van der Waals surface area contributed by atoms with Gasteiger partial charge in [0, 0.05) is 12.5 Å². The van der Waals surface area contributed by atoms with Crippen LogP contribution in [0.25, 0.3) is 0 Å². The Balaban J connectivity index is 2.40. The minimum atomic E-state index is -0.793. The third kappa shape index (κ3) is 3.11. The van der Waals surface area contributed by atoms with Crippen LogP contribution >= 0.6 is 0 Å². The summed E-state index contributed by atoms with van der Waals surface area (Å²) in [5.41, 5.74) is 1.58. The highest BCUT2D eigenvalue weighted by molar-refractivity contribution is 5.41. The van der Waals surface area contributed by atoms with Gasteiger partial charge in [-0.2, -0.15) is 5.10 Å². The van der Waals surface area contributed by atoms with Gasteiger partial charge in [-0.1, -0.05) is 30.3 Å². The molecule has 6 nitrogen and oxygen atoms in total. The number of nitrogens with zero attached hydrogens (tertiary/aromatic N) is 3. The lowest BCUT2D eigenvalue weighted by molar-refractivity contribution is -0.386. The molecule has 0 saturated heterocycles. The average molecular weight is 289 g/mol. The molecule has 0 aliphatic heterocycles. The van der Waals surface area contributed by atoms with E-state index in [-0.39, 0.29) is 18.2 Å². The first-order valence-electron chi connectivity index (χ1n) is 6.87. The van der Waals surface area contributed by atoms with Gasteiger partial charge in [0.2, 0.25) is 0 Å². The summed E-state index contributed by atoms with van der Waals surface area (Å²) in [7, 11) is 0. The van der Waals surface area contributed by atoms with Crippen LogP contribution in [-0.4, -0.2) is 19.8 Å². The normalized spacial score (nSPS) is 12.6. The van der Waals surface area contributed by atoms with E-state index in [1.54, 1.807) is 23.7 Å². The minimum Gasteiger partial charge on any atom is -0.388 e. The molecule has 1 atom stereocenters. The maximum atomic E-state index is 11.3. The van der Waals surface area contributed by atoms with E-state index < -0.39 is 11.0 Å². The number of aryl methyl sites for hydroxylation is 1.